The van der Waals surface area contributed by atoms with E-state index in [0.29, 0.717) is 11.8 Å². The second-order valence-electron chi connectivity index (χ2n) is 6.92. The lowest BCUT2D eigenvalue weighted by Gasteiger charge is -2.32. The van der Waals surface area contributed by atoms with Gasteiger partial charge in [-0.25, -0.2) is 0 Å². The van der Waals surface area contributed by atoms with Gasteiger partial charge in [0.1, 0.15) is 5.75 Å². The van der Waals surface area contributed by atoms with Crippen molar-refractivity contribution in [2.45, 2.75) is 39.2 Å². The zero-order valence-corrected chi connectivity index (χ0v) is 15.5. The van der Waals surface area contributed by atoms with Crippen LogP contribution in [0.5, 0.6) is 5.75 Å². The number of anilines is 1. The average molecular weight is 338 g/mol. The molecule has 3 heteroatoms. The molecule has 134 valence electrons. The summed E-state index contributed by atoms with van der Waals surface area (Å²) in [5.41, 5.74) is 3.99. The predicted octanol–water partition coefficient (Wildman–Crippen LogP) is 4.10. The molecule has 2 aromatic rings. The molecule has 0 heterocycles. The van der Waals surface area contributed by atoms with E-state index in [1.807, 2.05) is 12.1 Å². The minimum absolute atomic E-state index is 0.382. The fourth-order valence-electron chi connectivity index (χ4n) is 3.95. The number of aromatic hydroxyl groups is 1. The first-order valence-corrected chi connectivity index (χ1v) is 9.56. The SMILES string of the molecule is CCN(CC)CCCN(c1ccccc1)C1Cc2ccc(O)cc2C1. The van der Waals surface area contributed by atoms with Crippen LogP contribution in [0.15, 0.2) is 48.5 Å². The molecule has 1 aliphatic rings. The number of phenols is 1. The standard InChI is InChI=1S/C22H30N2O/c1-3-23(4-2)13-8-14-24(20-9-6-5-7-10-20)21-15-18-11-12-22(25)17-19(18)16-21/h5-7,9-12,17,21,25H,3-4,8,13-16H2,1-2H3. The van der Waals surface area contributed by atoms with Crippen molar-refractivity contribution in [3.63, 3.8) is 0 Å². The van der Waals surface area contributed by atoms with E-state index in [1.165, 1.54) is 23.2 Å². The van der Waals surface area contributed by atoms with Crippen LogP contribution in [0.2, 0.25) is 0 Å². The Morgan fingerprint density at radius 2 is 1.64 bits per heavy atom. The van der Waals surface area contributed by atoms with Crippen molar-refractivity contribution in [1.29, 1.82) is 0 Å². The molecule has 1 unspecified atom stereocenters. The van der Waals surface area contributed by atoms with E-state index >= 15 is 0 Å². The second-order valence-corrected chi connectivity index (χ2v) is 6.92. The Morgan fingerprint density at radius 3 is 2.36 bits per heavy atom. The maximum atomic E-state index is 9.78. The molecular weight excluding hydrogens is 308 g/mol. The van der Waals surface area contributed by atoms with Crippen LogP contribution in [0, 0.1) is 0 Å². The molecule has 0 amide bonds. The summed E-state index contributed by atoms with van der Waals surface area (Å²) in [7, 11) is 0. The Balaban J connectivity index is 1.72. The molecular formula is C22H30N2O. The highest BCUT2D eigenvalue weighted by Crippen LogP contribution is 2.31. The molecule has 0 spiro atoms. The van der Waals surface area contributed by atoms with Crippen molar-refractivity contribution >= 4 is 5.69 Å². The summed E-state index contributed by atoms with van der Waals surface area (Å²) in [5.74, 6) is 0.382. The van der Waals surface area contributed by atoms with Crippen molar-refractivity contribution in [1.82, 2.24) is 4.90 Å². The second kappa shape index (κ2) is 8.39. The molecule has 2 aromatic carbocycles. The number of para-hydroxylation sites is 1. The van der Waals surface area contributed by atoms with E-state index < -0.39 is 0 Å². The van der Waals surface area contributed by atoms with Crippen LogP contribution in [0.3, 0.4) is 0 Å². The van der Waals surface area contributed by atoms with E-state index in [0.717, 1.165) is 39.0 Å². The smallest absolute Gasteiger partial charge is 0.115 e. The highest BCUT2D eigenvalue weighted by molar-refractivity contribution is 5.50. The Morgan fingerprint density at radius 1 is 0.920 bits per heavy atom. The summed E-state index contributed by atoms with van der Waals surface area (Å²) >= 11 is 0. The monoisotopic (exact) mass is 338 g/mol. The average Bonchev–Trinajstić information content (AvgIpc) is 3.05. The van der Waals surface area contributed by atoms with E-state index in [4.69, 9.17) is 0 Å². The first-order chi connectivity index (χ1) is 12.2. The van der Waals surface area contributed by atoms with Crippen molar-refractivity contribution < 1.29 is 5.11 Å². The molecule has 3 rings (SSSR count). The maximum absolute atomic E-state index is 9.78. The highest BCUT2D eigenvalue weighted by atomic mass is 16.3. The normalized spacial score (nSPS) is 16.2. The number of nitrogens with zero attached hydrogens (tertiary/aromatic N) is 2. The highest BCUT2D eigenvalue weighted by Gasteiger charge is 2.27. The molecule has 25 heavy (non-hydrogen) atoms. The van der Waals surface area contributed by atoms with Crippen molar-refractivity contribution in [2.24, 2.45) is 0 Å². The van der Waals surface area contributed by atoms with Gasteiger partial charge >= 0.3 is 0 Å². The Kier molecular flexibility index (Phi) is 5.98. The molecule has 0 saturated carbocycles. The first-order valence-electron chi connectivity index (χ1n) is 9.56. The number of fused-ring (bicyclic) bond motifs is 1. The lowest BCUT2D eigenvalue weighted by Crippen LogP contribution is -2.38. The zero-order valence-electron chi connectivity index (χ0n) is 15.5. The summed E-state index contributed by atoms with van der Waals surface area (Å²) < 4.78 is 0. The fraction of sp³-hybridized carbons (Fsp3) is 0.455. The number of phenolic OH excluding ortho intramolecular Hbond substituents is 1. The fourth-order valence-corrected chi connectivity index (χ4v) is 3.95. The quantitative estimate of drug-likeness (QED) is 0.785. The topological polar surface area (TPSA) is 26.7 Å². The van der Waals surface area contributed by atoms with Crippen LogP contribution in [-0.4, -0.2) is 42.2 Å². The molecule has 1 aliphatic carbocycles. The van der Waals surface area contributed by atoms with Crippen LogP contribution >= 0.6 is 0 Å². The predicted molar refractivity (Wildman–Crippen MR) is 105 cm³/mol. The van der Waals surface area contributed by atoms with Gasteiger partial charge < -0.3 is 14.9 Å². The number of benzene rings is 2. The summed E-state index contributed by atoms with van der Waals surface area (Å²) in [5, 5.41) is 9.78. The Hall–Kier alpha value is -2.00. The zero-order chi connectivity index (χ0) is 17.6. The van der Waals surface area contributed by atoms with Crippen molar-refractivity contribution in [3.05, 3.63) is 59.7 Å². The third kappa shape index (κ3) is 4.35. The minimum atomic E-state index is 0.382. The van der Waals surface area contributed by atoms with E-state index in [9.17, 15) is 5.11 Å². The lowest BCUT2D eigenvalue weighted by atomic mass is 10.1. The van der Waals surface area contributed by atoms with Gasteiger partial charge in [-0.15, -0.1) is 0 Å². The van der Waals surface area contributed by atoms with Gasteiger partial charge in [0.25, 0.3) is 0 Å². The molecule has 3 nitrogen and oxygen atoms in total. The van der Waals surface area contributed by atoms with Gasteiger partial charge in [0.15, 0.2) is 0 Å². The van der Waals surface area contributed by atoms with Gasteiger partial charge in [-0.05, 0) is 74.3 Å². The molecule has 0 fully saturated rings. The molecule has 1 atom stereocenters. The van der Waals surface area contributed by atoms with Crippen LogP contribution in [-0.2, 0) is 12.8 Å². The van der Waals surface area contributed by atoms with Crippen LogP contribution in [0.25, 0.3) is 0 Å². The van der Waals surface area contributed by atoms with E-state index in [2.05, 4.69) is 60.0 Å². The third-order valence-electron chi connectivity index (χ3n) is 5.40. The van der Waals surface area contributed by atoms with Gasteiger partial charge in [0.2, 0.25) is 0 Å². The third-order valence-corrected chi connectivity index (χ3v) is 5.40. The van der Waals surface area contributed by atoms with Gasteiger partial charge in [-0.2, -0.15) is 0 Å². The van der Waals surface area contributed by atoms with Gasteiger partial charge in [0.05, 0.1) is 0 Å². The molecule has 1 N–H and O–H groups in total. The molecule has 0 aromatic heterocycles. The summed E-state index contributed by atoms with van der Waals surface area (Å²) in [6.45, 7) is 8.94. The Bertz CT molecular complexity index is 667. The molecule has 0 saturated heterocycles. The van der Waals surface area contributed by atoms with Gasteiger partial charge in [0, 0.05) is 18.3 Å². The number of hydrogen-bond donors (Lipinski definition) is 1. The minimum Gasteiger partial charge on any atom is -0.508 e. The van der Waals surface area contributed by atoms with Crippen LogP contribution < -0.4 is 4.90 Å². The van der Waals surface area contributed by atoms with E-state index in [1.54, 1.807) is 0 Å². The maximum Gasteiger partial charge on any atom is 0.115 e. The number of rotatable bonds is 8. The largest absolute Gasteiger partial charge is 0.508 e. The summed E-state index contributed by atoms with van der Waals surface area (Å²) in [6, 6.07) is 17.1. The summed E-state index contributed by atoms with van der Waals surface area (Å²) in [4.78, 5) is 5.06. The molecule has 0 aliphatic heterocycles. The first kappa shape index (κ1) is 17.8. The van der Waals surface area contributed by atoms with Crippen molar-refractivity contribution in [2.75, 3.05) is 31.1 Å². The van der Waals surface area contributed by atoms with Crippen LogP contribution in [0.1, 0.15) is 31.4 Å². The molecule has 0 radical (unpaired) electrons. The van der Waals surface area contributed by atoms with Gasteiger partial charge in [-0.1, -0.05) is 38.1 Å². The van der Waals surface area contributed by atoms with E-state index in [-0.39, 0.29) is 0 Å². The lowest BCUT2D eigenvalue weighted by molar-refractivity contribution is 0.299. The van der Waals surface area contributed by atoms with Crippen molar-refractivity contribution in [3.8, 4) is 5.75 Å². The van der Waals surface area contributed by atoms with Gasteiger partial charge in [-0.3, -0.25) is 0 Å². The summed E-state index contributed by atoms with van der Waals surface area (Å²) in [6.07, 6.45) is 3.26. The molecule has 0 bridgehead atoms. The number of hydrogen-bond acceptors (Lipinski definition) is 3. The van der Waals surface area contributed by atoms with Crippen LogP contribution in [0.4, 0.5) is 5.69 Å². The Labute approximate surface area is 151 Å².